The average Bonchev–Trinajstić information content (AvgIpc) is 2.95. The Kier molecular flexibility index (Phi) is 4.64. The standard InChI is InChI=1S/C16H13ClN4OS/c17-13-8-6-11(7-9-13)14(22)10-23-16-20-19-15(21(16)18)12-4-2-1-3-5-12/h1-9H,10,18H2. The lowest BCUT2D eigenvalue weighted by Crippen LogP contribution is -2.12. The lowest BCUT2D eigenvalue weighted by atomic mass is 10.1. The summed E-state index contributed by atoms with van der Waals surface area (Å²) in [5, 5.41) is 9.23. The highest BCUT2D eigenvalue weighted by molar-refractivity contribution is 7.99. The Bertz CT molecular complexity index is 818. The van der Waals surface area contributed by atoms with Crippen LogP contribution in [0, 0.1) is 0 Å². The number of aromatic nitrogens is 3. The Morgan fingerprint density at radius 3 is 2.48 bits per heavy atom. The minimum Gasteiger partial charge on any atom is -0.335 e. The second kappa shape index (κ2) is 6.85. The molecule has 2 aromatic carbocycles. The monoisotopic (exact) mass is 344 g/mol. The highest BCUT2D eigenvalue weighted by Crippen LogP contribution is 2.22. The van der Waals surface area contributed by atoms with Gasteiger partial charge in [0.25, 0.3) is 0 Å². The van der Waals surface area contributed by atoms with Crippen molar-refractivity contribution in [3.63, 3.8) is 0 Å². The molecule has 1 aromatic heterocycles. The van der Waals surface area contributed by atoms with Crippen LogP contribution in [0.5, 0.6) is 0 Å². The molecule has 2 N–H and O–H groups in total. The van der Waals surface area contributed by atoms with Crippen LogP contribution in [-0.2, 0) is 0 Å². The number of hydrogen-bond acceptors (Lipinski definition) is 5. The molecule has 7 heteroatoms. The molecular formula is C16H13ClN4OS. The summed E-state index contributed by atoms with van der Waals surface area (Å²) in [7, 11) is 0. The van der Waals surface area contributed by atoms with Gasteiger partial charge in [-0.05, 0) is 24.3 Å². The fourth-order valence-corrected chi connectivity index (χ4v) is 2.89. The van der Waals surface area contributed by atoms with E-state index in [4.69, 9.17) is 17.4 Å². The number of nitrogens with zero attached hydrogens (tertiary/aromatic N) is 3. The second-order valence-electron chi connectivity index (χ2n) is 4.76. The molecule has 0 radical (unpaired) electrons. The Balaban J connectivity index is 1.71. The molecule has 0 aliphatic heterocycles. The summed E-state index contributed by atoms with van der Waals surface area (Å²) in [6.07, 6.45) is 0. The van der Waals surface area contributed by atoms with Crippen LogP contribution < -0.4 is 5.84 Å². The Hall–Kier alpha value is -2.31. The summed E-state index contributed by atoms with van der Waals surface area (Å²) in [5.41, 5.74) is 1.48. The van der Waals surface area contributed by atoms with E-state index in [9.17, 15) is 4.79 Å². The maximum absolute atomic E-state index is 12.2. The molecule has 1 heterocycles. The molecule has 23 heavy (non-hydrogen) atoms. The van der Waals surface area contributed by atoms with Gasteiger partial charge in [0, 0.05) is 16.1 Å². The van der Waals surface area contributed by atoms with Crippen molar-refractivity contribution in [1.82, 2.24) is 14.9 Å². The van der Waals surface area contributed by atoms with Crippen LogP contribution in [0.4, 0.5) is 0 Å². The van der Waals surface area contributed by atoms with Crippen LogP contribution in [0.3, 0.4) is 0 Å². The van der Waals surface area contributed by atoms with E-state index in [-0.39, 0.29) is 11.5 Å². The molecule has 0 fully saturated rings. The minimum absolute atomic E-state index is 0.0177. The second-order valence-corrected chi connectivity index (χ2v) is 6.14. The molecule has 3 aromatic rings. The van der Waals surface area contributed by atoms with Gasteiger partial charge in [0.1, 0.15) is 0 Å². The van der Waals surface area contributed by atoms with Crippen LogP contribution in [-0.4, -0.2) is 26.4 Å². The zero-order chi connectivity index (χ0) is 16.2. The quantitative estimate of drug-likeness (QED) is 0.437. The normalized spacial score (nSPS) is 10.7. The van der Waals surface area contributed by atoms with Crippen molar-refractivity contribution in [3.05, 3.63) is 65.2 Å². The summed E-state index contributed by atoms with van der Waals surface area (Å²) in [6, 6.07) is 16.3. The topological polar surface area (TPSA) is 73.8 Å². The van der Waals surface area contributed by atoms with Crippen molar-refractivity contribution in [2.24, 2.45) is 0 Å². The number of nitrogens with two attached hydrogens (primary N) is 1. The molecule has 0 saturated carbocycles. The van der Waals surface area contributed by atoms with Crippen LogP contribution >= 0.6 is 23.4 Å². The number of ketones is 1. The molecule has 3 rings (SSSR count). The van der Waals surface area contributed by atoms with Gasteiger partial charge in [-0.25, -0.2) is 4.68 Å². The Labute approximate surface area is 142 Å². The van der Waals surface area contributed by atoms with Gasteiger partial charge in [-0.3, -0.25) is 4.79 Å². The van der Waals surface area contributed by atoms with Gasteiger partial charge < -0.3 is 5.84 Å². The molecule has 0 aliphatic rings. The molecular weight excluding hydrogens is 332 g/mol. The number of rotatable bonds is 5. The van der Waals surface area contributed by atoms with E-state index >= 15 is 0 Å². The first-order valence-electron chi connectivity index (χ1n) is 6.82. The summed E-state index contributed by atoms with van der Waals surface area (Å²) < 4.78 is 1.40. The molecule has 0 atom stereocenters. The van der Waals surface area contributed by atoms with E-state index in [1.807, 2.05) is 30.3 Å². The number of halogens is 1. The largest absolute Gasteiger partial charge is 0.335 e. The third-order valence-corrected chi connectivity index (χ3v) is 4.39. The number of hydrogen-bond donors (Lipinski definition) is 1. The zero-order valence-electron chi connectivity index (χ0n) is 12.0. The van der Waals surface area contributed by atoms with Crippen molar-refractivity contribution in [2.45, 2.75) is 5.16 Å². The fraction of sp³-hybridized carbons (Fsp3) is 0.0625. The molecule has 0 aliphatic carbocycles. The highest BCUT2D eigenvalue weighted by atomic mass is 35.5. The van der Waals surface area contributed by atoms with E-state index in [1.54, 1.807) is 24.3 Å². The van der Waals surface area contributed by atoms with E-state index in [2.05, 4.69) is 10.2 Å². The molecule has 0 unspecified atom stereocenters. The SMILES string of the molecule is Nn1c(SCC(=O)c2ccc(Cl)cc2)nnc1-c1ccccc1. The third-order valence-electron chi connectivity index (χ3n) is 3.20. The van der Waals surface area contributed by atoms with Gasteiger partial charge in [-0.1, -0.05) is 53.7 Å². The van der Waals surface area contributed by atoms with Crippen molar-refractivity contribution >= 4 is 29.1 Å². The molecule has 0 saturated heterocycles. The van der Waals surface area contributed by atoms with Gasteiger partial charge in [-0.15, -0.1) is 10.2 Å². The lowest BCUT2D eigenvalue weighted by molar-refractivity contribution is 0.102. The predicted molar refractivity (Wildman–Crippen MR) is 92.1 cm³/mol. The molecule has 5 nitrogen and oxygen atoms in total. The van der Waals surface area contributed by atoms with E-state index in [1.165, 1.54) is 16.4 Å². The van der Waals surface area contributed by atoms with E-state index in [0.29, 0.717) is 21.6 Å². The van der Waals surface area contributed by atoms with Gasteiger partial charge in [0.2, 0.25) is 5.16 Å². The van der Waals surface area contributed by atoms with Gasteiger partial charge in [-0.2, -0.15) is 0 Å². The predicted octanol–water partition coefficient (Wildman–Crippen LogP) is 3.29. The van der Waals surface area contributed by atoms with Crippen molar-refractivity contribution in [2.75, 3.05) is 11.6 Å². The van der Waals surface area contributed by atoms with Crippen LogP contribution in [0.1, 0.15) is 10.4 Å². The lowest BCUT2D eigenvalue weighted by Gasteiger charge is -2.03. The van der Waals surface area contributed by atoms with Gasteiger partial charge >= 0.3 is 0 Å². The average molecular weight is 345 g/mol. The number of carbonyl (C=O) groups is 1. The molecule has 116 valence electrons. The van der Waals surface area contributed by atoms with E-state index in [0.717, 1.165) is 5.56 Å². The maximum Gasteiger partial charge on any atom is 0.210 e. The fourth-order valence-electron chi connectivity index (χ4n) is 2.01. The van der Waals surface area contributed by atoms with Gasteiger partial charge in [0.05, 0.1) is 5.75 Å². The first-order valence-corrected chi connectivity index (χ1v) is 8.19. The zero-order valence-corrected chi connectivity index (χ0v) is 13.6. The first-order chi connectivity index (χ1) is 11.1. The highest BCUT2D eigenvalue weighted by Gasteiger charge is 2.14. The van der Waals surface area contributed by atoms with Crippen molar-refractivity contribution < 1.29 is 4.79 Å². The maximum atomic E-state index is 12.2. The summed E-state index contributed by atoms with van der Waals surface area (Å²) in [4.78, 5) is 12.2. The molecule has 0 spiro atoms. The Morgan fingerprint density at radius 2 is 1.78 bits per heavy atom. The van der Waals surface area contributed by atoms with E-state index < -0.39 is 0 Å². The summed E-state index contributed by atoms with van der Waals surface area (Å²) >= 11 is 7.07. The van der Waals surface area contributed by atoms with Crippen LogP contribution in [0.2, 0.25) is 5.02 Å². The molecule has 0 bridgehead atoms. The molecule has 0 amide bonds. The third kappa shape index (κ3) is 3.55. The number of benzene rings is 2. The number of nitrogen functional groups attached to an aromatic ring is 1. The van der Waals surface area contributed by atoms with Crippen LogP contribution in [0.25, 0.3) is 11.4 Å². The first kappa shape index (κ1) is 15.6. The number of Topliss-reactive ketones (excluding diaryl/α,β-unsaturated/α-hetero) is 1. The van der Waals surface area contributed by atoms with Crippen molar-refractivity contribution in [1.29, 1.82) is 0 Å². The number of thioether (sulfide) groups is 1. The summed E-state index contributed by atoms with van der Waals surface area (Å²) in [5.74, 6) is 6.79. The number of carbonyl (C=O) groups excluding carboxylic acids is 1. The Morgan fingerprint density at radius 1 is 1.09 bits per heavy atom. The van der Waals surface area contributed by atoms with Crippen molar-refractivity contribution in [3.8, 4) is 11.4 Å². The smallest absolute Gasteiger partial charge is 0.210 e. The van der Waals surface area contributed by atoms with Gasteiger partial charge in [0.15, 0.2) is 11.6 Å². The summed E-state index contributed by atoms with van der Waals surface area (Å²) in [6.45, 7) is 0. The van der Waals surface area contributed by atoms with Crippen LogP contribution in [0.15, 0.2) is 59.8 Å². The minimum atomic E-state index is -0.0177.